The number of benzene rings is 1. The Hall–Kier alpha value is -1.93. The van der Waals surface area contributed by atoms with Crippen LogP contribution in [-0.4, -0.2) is 39.3 Å². The van der Waals surface area contributed by atoms with Crippen LogP contribution in [0.15, 0.2) is 16.7 Å². The van der Waals surface area contributed by atoms with Crippen molar-refractivity contribution in [2.45, 2.75) is 32.4 Å². The molecule has 2 unspecified atom stereocenters. The molecule has 0 spiro atoms. The monoisotopic (exact) mass is 341 g/mol. The summed E-state index contributed by atoms with van der Waals surface area (Å²) in [6.45, 7) is 3.26. The molecule has 130 valence electrons. The fraction of sp³-hybridized carbons (Fsp3) is 0.500. The van der Waals surface area contributed by atoms with E-state index in [1.165, 1.54) is 0 Å². The first-order chi connectivity index (χ1) is 11.5. The van der Waals surface area contributed by atoms with E-state index < -0.39 is 17.5 Å². The Morgan fingerprint density at radius 2 is 2.00 bits per heavy atom. The summed E-state index contributed by atoms with van der Waals surface area (Å²) < 4.78 is 44.8. The van der Waals surface area contributed by atoms with Crippen LogP contribution in [0.1, 0.15) is 25.7 Å². The van der Waals surface area contributed by atoms with Gasteiger partial charge in [0.25, 0.3) is 0 Å². The van der Waals surface area contributed by atoms with Crippen molar-refractivity contribution in [1.82, 2.24) is 15.0 Å². The van der Waals surface area contributed by atoms with Gasteiger partial charge in [0.1, 0.15) is 0 Å². The number of hydrogen-bond acceptors (Lipinski definition) is 5. The van der Waals surface area contributed by atoms with Crippen molar-refractivity contribution in [3.05, 3.63) is 35.5 Å². The zero-order valence-corrected chi connectivity index (χ0v) is 13.2. The molecular formula is C16H18F3N3O2. The highest BCUT2D eigenvalue weighted by molar-refractivity contribution is 5.54. The zero-order chi connectivity index (χ0) is 17.3. The van der Waals surface area contributed by atoms with Crippen LogP contribution in [0.3, 0.4) is 0 Å². The highest BCUT2D eigenvalue weighted by Gasteiger charge is 2.29. The normalized spacial score (nSPS) is 22.0. The maximum Gasteiger partial charge on any atom is 0.241 e. The summed E-state index contributed by atoms with van der Waals surface area (Å²) >= 11 is 0. The third-order valence-corrected chi connectivity index (χ3v) is 4.47. The van der Waals surface area contributed by atoms with E-state index in [2.05, 4.69) is 22.0 Å². The molecule has 8 heteroatoms. The molecule has 1 saturated heterocycles. The summed E-state index contributed by atoms with van der Waals surface area (Å²) in [5, 5.41) is 13.3. The van der Waals surface area contributed by atoms with E-state index in [9.17, 15) is 18.3 Å². The van der Waals surface area contributed by atoms with Crippen molar-refractivity contribution in [3.8, 4) is 11.4 Å². The molecule has 1 fully saturated rings. The molecule has 1 aromatic heterocycles. The van der Waals surface area contributed by atoms with Crippen LogP contribution in [-0.2, 0) is 6.54 Å². The van der Waals surface area contributed by atoms with Gasteiger partial charge in [-0.2, -0.15) is 4.98 Å². The quantitative estimate of drug-likeness (QED) is 0.867. The highest BCUT2D eigenvalue weighted by atomic mass is 19.2. The van der Waals surface area contributed by atoms with Crippen LogP contribution < -0.4 is 0 Å². The van der Waals surface area contributed by atoms with Gasteiger partial charge in [0.05, 0.1) is 13.2 Å². The van der Waals surface area contributed by atoms with Crippen molar-refractivity contribution in [2.24, 2.45) is 5.92 Å². The van der Waals surface area contributed by atoms with Gasteiger partial charge in [0.15, 0.2) is 17.5 Å². The number of piperidine rings is 1. The van der Waals surface area contributed by atoms with Gasteiger partial charge >= 0.3 is 0 Å². The standard InChI is InChI=1S/C16H18F3N3O2/c1-9-3-2-4-22(13(9)8-23)7-14-20-16(21-24-14)10-5-11(17)15(19)12(18)6-10/h5-6,9,13,23H,2-4,7-8H2,1H3. The molecule has 2 aromatic rings. The second-order valence-corrected chi connectivity index (χ2v) is 6.11. The number of nitrogens with zero attached hydrogens (tertiary/aromatic N) is 3. The fourth-order valence-corrected chi connectivity index (χ4v) is 3.12. The second-order valence-electron chi connectivity index (χ2n) is 6.11. The van der Waals surface area contributed by atoms with Gasteiger partial charge in [0, 0.05) is 11.6 Å². The lowest BCUT2D eigenvalue weighted by atomic mass is 9.91. The largest absolute Gasteiger partial charge is 0.395 e. The molecule has 5 nitrogen and oxygen atoms in total. The van der Waals surface area contributed by atoms with Crippen molar-refractivity contribution < 1.29 is 22.8 Å². The molecule has 0 bridgehead atoms. The number of aromatic nitrogens is 2. The van der Waals surface area contributed by atoms with E-state index in [4.69, 9.17) is 4.52 Å². The minimum absolute atomic E-state index is 0.00611. The van der Waals surface area contributed by atoms with E-state index in [0.29, 0.717) is 12.5 Å². The van der Waals surface area contributed by atoms with Crippen molar-refractivity contribution in [2.75, 3.05) is 13.2 Å². The SMILES string of the molecule is CC1CCCN(Cc2nc(-c3cc(F)c(F)c(F)c3)no2)C1CO. The van der Waals surface area contributed by atoms with Gasteiger partial charge in [-0.3, -0.25) is 4.90 Å². The lowest BCUT2D eigenvalue weighted by Gasteiger charge is -2.38. The van der Waals surface area contributed by atoms with Crippen LogP contribution in [0.2, 0.25) is 0 Å². The first-order valence-electron chi connectivity index (χ1n) is 7.82. The Morgan fingerprint density at radius 1 is 1.29 bits per heavy atom. The Bertz CT molecular complexity index is 699. The number of likely N-dealkylation sites (tertiary alicyclic amines) is 1. The van der Waals surface area contributed by atoms with E-state index >= 15 is 0 Å². The van der Waals surface area contributed by atoms with E-state index in [-0.39, 0.29) is 29.9 Å². The molecule has 24 heavy (non-hydrogen) atoms. The van der Waals surface area contributed by atoms with Crippen molar-refractivity contribution in [1.29, 1.82) is 0 Å². The van der Waals surface area contributed by atoms with E-state index in [1.807, 2.05) is 0 Å². The molecule has 0 radical (unpaired) electrons. The number of aliphatic hydroxyl groups excluding tert-OH is 1. The van der Waals surface area contributed by atoms with Crippen LogP contribution in [0.4, 0.5) is 13.2 Å². The fourth-order valence-electron chi connectivity index (χ4n) is 3.12. The van der Waals surface area contributed by atoms with Gasteiger partial charge in [0.2, 0.25) is 11.7 Å². The Morgan fingerprint density at radius 3 is 2.67 bits per heavy atom. The average Bonchev–Trinajstić information content (AvgIpc) is 3.01. The van der Waals surface area contributed by atoms with Crippen LogP contribution >= 0.6 is 0 Å². The Balaban J connectivity index is 1.78. The number of halogens is 3. The lowest BCUT2D eigenvalue weighted by Crippen LogP contribution is -2.46. The second kappa shape index (κ2) is 6.90. The van der Waals surface area contributed by atoms with Crippen LogP contribution in [0.5, 0.6) is 0 Å². The van der Waals surface area contributed by atoms with Crippen LogP contribution in [0.25, 0.3) is 11.4 Å². The minimum Gasteiger partial charge on any atom is -0.395 e. The van der Waals surface area contributed by atoms with Crippen LogP contribution in [0, 0.1) is 23.4 Å². The molecule has 0 aliphatic carbocycles. The highest BCUT2D eigenvalue weighted by Crippen LogP contribution is 2.26. The summed E-state index contributed by atoms with van der Waals surface area (Å²) in [6, 6.07) is 1.66. The predicted octanol–water partition coefficient (Wildman–Crippen LogP) is 2.75. The van der Waals surface area contributed by atoms with Gasteiger partial charge in [-0.15, -0.1) is 0 Å². The van der Waals surface area contributed by atoms with Crippen molar-refractivity contribution in [3.63, 3.8) is 0 Å². The summed E-state index contributed by atoms with van der Waals surface area (Å²) in [6.07, 6.45) is 2.05. The number of rotatable bonds is 4. The van der Waals surface area contributed by atoms with E-state index in [0.717, 1.165) is 31.5 Å². The zero-order valence-electron chi connectivity index (χ0n) is 13.2. The summed E-state index contributed by atoms with van der Waals surface area (Å²) in [4.78, 5) is 6.18. The Kier molecular flexibility index (Phi) is 4.86. The van der Waals surface area contributed by atoms with Gasteiger partial charge in [-0.25, -0.2) is 13.2 Å². The molecular weight excluding hydrogens is 323 g/mol. The third kappa shape index (κ3) is 3.29. The maximum atomic E-state index is 13.3. The molecule has 2 atom stereocenters. The topological polar surface area (TPSA) is 62.4 Å². The summed E-state index contributed by atoms with van der Waals surface area (Å²) in [5.41, 5.74) is 0.00659. The number of hydrogen-bond donors (Lipinski definition) is 1. The summed E-state index contributed by atoms with van der Waals surface area (Å²) in [5.74, 6) is -3.51. The molecule has 1 aromatic carbocycles. The van der Waals surface area contributed by atoms with Gasteiger partial charge < -0.3 is 9.63 Å². The van der Waals surface area contributed by atoms with E-state index in [1.54, 1.807) is 0 Å². The molecule has 3 rings (SSSR count). The molecule has 0 saturated carbocycles. The summed E-state index contributed by atoms with van der Waals surface area (Å²) in [7, 11) is 0. The maximum absolute atomic E-state index is 13.3. The smallest absolute Gasteiger partial charge is 0.241 e. The molecule has 1 aliphatic rings. The first-order valence-corrected chi connectivity index (χ1v) is 7.82. The third-order valence-electron chi connectivity index (χ3n) is 4.47. The molecule has 0 amide bonds. The Labute approximate surface area is 137 Å². The van der Waals surface area contributed by atoms with Gasteiger partial charge in [-0.1, -0.05) is 12.1 Å². The lowest BCUT2D eigenvalue weighted by molar-refractivity contribution is 0.0400. The van der Waals surface area contributed by atoms with Crippen molar-refractivity contribution >= 4 is 0 Å². The molecule has 1 N–H and O–H groups in total. The first kappa shape index (κ1) is 16.9. The molecule has 2 heterocycles. The molecule has 1 aliphatic heterocycles. The average molecular weight is 341 g/mol. The number of aliphatic hydroxyl groups is 1. The van der Waals surface area contributed by atoms with Gasteiger partial charge in [-0.05, 0) is 37.4 Å². The predicted molar refractivity (Wildman–Crippen MR) is 79.3 cm³/mol. The minimum atomic E-state index is -1.53.